The SMILES string of the molecule is NC(=O)Cn1cnc2sccc2c1=O. The van der Waals surface area contributed by atoms with Crippen LogP contribution in [0.25, 0.3) is 10.2 Å². The van der Waals surface area contributed by atoms with Gasteiger partial charge in [-0.3, -0.25) is 14.2 Å². The Bertz CT molecular complexity index is 543. The predicted octanol–water partition coefficient (Wildman–Crippen LogP) is -0.0567. The fourth-order valence-electron chi connectivity index (χ4n) is 1.17. The molecule has 2 aromatic heterocycles. The molecule has 0 unspecified atom stereocenters. The van der Waals surface area contributed by atoms with Gasteiger partial charge in [0.1, 0.15) is 11.4 Å². The molecule has 2 N–H and O–H groups in total. The van der Waals surface area contributed by atoms with Gasteiger partial charge in [0.25, 0.3) is 5.56 Å². The summed E-state index contributed by atoms with van der Waals surface area (Å²) in [5.41, 5.74) is 4.76. The van der Waals surface area contributed by atoms with Gasteiger partial charge < -0.3 is 5.73 Å². The van der Waals surface area contributed by atoms with Crippen LogP contribution >= 0.6 is 11.3 Å². The maximum atomic E-state index is 11.6. The Kier molecular flexibility index (Phi) is 2.05. The van der Waals surface area contributed by atoms with E-state index in [1.54, 1.807) is 11.4 Å². The molecule has 0 aliphatic heterocycles. The summed E-state index contributed by atoms with van der Waals surface area (Å²) in [5.74, 6) is -0.552. The monoisotopic (exact) mass is 209 g/mol. The quantitative estimate of drug-likeness (QED) is 0.752. The van der Waals surface area contributed by atoms with Crippen LogP contribution in [0.4, 0.5) is 0 Å². The molecule has 0 aliphatic rings. The lowest BCUT2D eigenvalue weighted by molar-refractivity contribution is -0.118. The van der Waals surface area contributed by atoms with E-state index in [1.807, 2.05) is 0 Å². The molecule has 6 heteroatoms. The maximum Gasteiger partial charge on any atom is 0.262 e. The lowest BCUT2D eigenvalue weighted by Gasteiger charge is -2.00. The number of thiophene rings is 1. The van der Waals surface area contributed by atoms with Gasteiger partial charge in [-0.15, -0.1) is 11.3 Å². The van der Waals surface area contributed by atoms with Gasteiger partial charge in [0.15, 0.2) is 0 Å². The first kappa shape index (κ1) is 8.89. The molecule has 0 saturated carbocycles. The first-order chi connectivity index (χ1) is 6.68. The van der Waals surface area contributed by atoms with Crippen molar-refractivity contribution in [2.45, 2.75) is 6.54 Å². The zero-order valence-electron chi connectivity index (χ0n) is 7.14. The van der Waals surface area contributed by atoms with E-state index in [0.29, 0.717) is 10.2 Å². The van der Waals surface area contributed by atoms with Crippen molar-refractivity contribution in [1.82, 2.24) is 9.55 Å². The minimum Gasteiger partial charge on any atom is -0.368 e. The molecule has 0 spiro atoms. The molecule has 0 aliphatic carbocycles. The van der Waals surface area contributed by atoms with Crippen LogP contribution in [0.1, 0.15) is 0 Å². The van der Waals surface area contributed by atoms with E-state index in [9.17, 15) is 9.59 Å². The summed E-state index contributed by atoms with van der Waals surface area (Å²) in [5, 5.41) is 2.31. The molecular weight excluding hydrogens is 202 g/mol. The minimum absolute atomic E-state index is 0.127. The van der Waals surface area contributed by atoms with E-state index in [2.05, 4.69) is 4.98 Å². The number of nitrogens with two attached hydrogens (primary N) is 1. The Labute approximate surface area is 82.8 Å². The fraction of sp³-hybridized carbons (Fsp3) is 0.125. The largest absolute Gasteiger partial charge is 0.368 e. The van der Waals surface area contributed by atoms with E-state index in [4.69, 9.17) is 5.73 Å². The number of primary amides is 1. The Morgan fingerprint density at radius 3 is 3.14 bits per heavy atom. The Hall–Kier alpha value is -1.69. The van der Waals surface area contributed by atoms with E-state index >= 15 is 0 Å². The molecule has 1 amide bonds. The molecule has 0 atom stereocenters. The molecule has 2 heterocycles. The average Bonchev–Trinajstić information content (AvgIpc) is 2.57. The summed E-state index contributed by atoms with van der Waals surface area (Å²) in [6.07, 6.45) is 1.34. The second-order valence-electron chi connectivity index (χ2n) is 2.78. The van der Waals surface area contributed by atoms with Crippen LogP contribution in [0, 0.1) is 0 Å². The molecule has 2 aromatic rings. The molecule has 0 bridgehead atoms. The highest BCUT2D eigenvalue weighted by Gasteiger charge is 2.05. The fourth-order valence-corrected chi connectivity index (χ4v) is 1.90. The molecule has 0 radical (unpaired) electrons. The summed E-state index contributed by atoms with van der Waals surface area (Å²) in [6, 6.07) is 1.69. The number of carbonyl (C=O) groups excluding carboxylic acids is 1. The second-order valence-corrected chi connectivity index (χ2v) is 3.68. The number of carbonyl (C=O) groups is 1. The Balaban J connectivity index is 2.62. The van der Waals surface area contributed by atoms with Gasteiger partial charge in [0.05, 0.1) is 11.7 Å². The number of hydrogen-bond donors (Lipinski definition) is 1. The highest BCUT2D eigenvalue weighted by Crippen LogP contribution is 2.12. The summed E-state index contributed by atoms with van der Waals surface area (Å²) in [6.45, 7) is -0.127. The summed E-state index contributed by atoms with van der Waals surface area (Å²) in [7, 11) is 0. The first-order valence-corrected chi connectivity index (χ1v) is 4.77. The minimum atomic E-state index is -0.552. The van der Waals surface area contributed by atoms with E-state index < -0.39 is 5.91 Å². The summed E-state index contributed by atoms with van der Waals surface area (Å²) < 4.78 is 1.21. The first-order valence-electron chi connectivity index (χ1n) is 3.89. The van der Waals surface area contributed by atoms with Crippen molar-refractivity contribution in [2.24, 2.45) is 5.73 Å². The second kappa shape index (κ2) is 3.22. The standard InChI is InChI=1S/C8H7N3O2S/c9-6(12)3-11-4-10-7-5(8(11)13)1-2-14-7/h1-2,4H,3H2,(H2,9,12). The van der Waals surface area contributed by atoms with Crippen LogP contribution in [-0.4, -0.2) is 15.5 Å². The smallest absolute Gasteiger partial charge is 0.262 e. The number of fused-ring (bicyclic) bond motifs is 1. The zero-order chi connectivity index (χ0) is 10.1. The van der Waals surface area contributed by atoms with Crippen molar-refractivity contribution in [1.29, 1.82) is 0 Å². The lowest BCUT2D eigenvalue weighted by atomic mass is 10.4. The lowest BCUT2D eigenvalue weighted by Crippen LogP contribution is -2.27. The Morgan fingerprint density at radius 1 is 1.64 bits per heavy atom. The number of rotatable bonds is 2. The molecule has 72 valence electrons. The number of hydrogen-bond acceptors (Lipinski definition) is 4. The van der Waals surface area contributed by atoms with E-state index in [0.717, 1.165) is 0 Å². The topological polar surface area (TPSA) is 78.0 Å². The van der Waals surface area contributed by atoms with E-state index in [-0.39, 0.29) is 12.1 Å². The van der Waals surface area contributed by atoms with Crippen molar-refractivity contribution < 1.29 is 4.79 Å². The Morgan fingerprint density at radius 2 is 2.43 bits per heavy atom. The third-order valence-corrected chi connectivity index (χ3v) is 2.60. The number of nitrogens with zero attached hydrogens (tertiary/aromatic N) is 2. The van der Waals surface area contributed by atoms with Gasteiger partial charge in [-0.1, -0.05) is 0 Å². The van der Waals surface area contributed by atoms with Crippen LogP contribution in [0.15, 0.2) is 22.6 Å². The van der Waals surface area contributed by atoms with E-state index in [1.165, 1.54) is 22.2 Å². The highest BCUT2D eigenvalue weighted by molar-refractivity contribution is 7.16. The zero-order valence-corrected chi connectivity index (χ0v) is 7.95. The average molecular weight is 209 g/mol. The van der Waals surface area contributed by atoms with Crippen molar-refractivity contribution in [3.05, 3.63) is 28.1 Å². The molecule has 0 fully saturated rings. The normalized spacial score (nSPS) is 10.6. The third kappa shape index (κ3) is 1.39. The van der Waals surface area contributed by atoms with Gasteiger partial charge in [0.2, 0.25) is 5.91 Å². The van der Waals surface area contributed by atoms with Gasteiger partial charge in [-0.25, -0.2) is 4.98 Å². The van der Waals surface area contributed by atoms with Gasteiger partial charge in [-0.2, -0.15) is 0 Å². The van der Waals surface area contributed by atoms with Crippen molar-refractivity contribution in [3.63, 3.8) is 0 Å². The van der Waals surface area contributed by atoms with Crippen LogP contribution < -0.4 is 11.3 Å². The molecule has 2 rings (SSSR count). The number of amides is 1. The summed E-state index contributed by atoms with van der Waals surface area (Å²) in [4.78, 5) is 27.0. The molecule has 0 saturated heterocycles. The van der Waals surface area contributed by atoms with Crippen LogP contribution in [0.5, 0.6) is 0 Å². The highest BCUT2D eigenvalue weighted by atomic mass is 32.1. The van der Waals surface area contributed by atoms with Gasteiger partial charge >= 0.3 is 0 Å². The molecular formula is C8H7N3O2S. The third-order valence-electron chi connectivity index (χ3n) is 1.78. The number of aromatic nitrogens is 2. The van der Waals surface area contributed by atoms with Crippen LogP contribution in [0.3, 0.4) is 0 Å². The summed E-state index contributed by atoms with van der Waals surface area (Å²) >= 11 is 1.39. The molecule has 0 aromatic carbocycles. The van der Waals surface area contributed by atoms with Gasteiger partial charge in [0, 0.05) is 0 Å². The van der Waals surface area contributed by atoms with Crippen LogP contribution in [-0.2, 0) is 11.3 Å². The maximum absolute atomic E-state index is 11.6. The predicted molar refractivity (Wildman–Crippen MR) is 53.1 cm³/mol. The molecule has 5 nitrogen and oxygen atoms in total. The van der Waals surface area contributed by atoms with Gasteiger partial charge in [-0.05, 0) is 11.4 Å². The van der Waals surface area contributed by atoms with Crippen LogP contribution in [0.2, 0.25) is 0 Å². The molecule has 14 heavy (non-hydrogen) atoms. The van der Waals surface area contributed by atoms with Crippen molar-refractivity contribution >= 4 is 27.5 Å². The van der Waals surface area contributed by atoms with Crippen molar-refractivity contribution in [3.8, 4) is 0 Å². The van der Waals surface area contributed by atoms with Crippen molar-refractivity contribution in [2.75, 3.05) is 0 Å².